The van der Waals surface area contributed by atoms with Gasteiger partial charge in [-0.3, -0.25) is 4.79 Å². The molecular formula is C10H10N2O2. The minimum Gasteiger partial charge on any atom is -0.480 e. The monoisotopic (exact) mass is 190 g/mol. The molecule has 14 heavy (non-hydrogen) atoms. The van der Waals surface area contributed by atoms with Gasteiger partial charge in [-0.15, -0.1) is 0 Å². The largest absolute Gasteiger partial charge is 0.480 e. The van der Waals surface area contributed by atoms with Crippen molar-refractivity contribution in [3.63, 3.8) is 0 Å². The van der Waals surface area contributed by atoms with Gasteiger partial charge in [0.05, 0.1) is 12.5 Å². The number of nitrogens with one attached hydrogen (secondary N) is 1. The molecule has 0 amide bonds. The van der Waals surface area contributed by atoms with Crippen LogP contribution in [0.1, 0.15) is 5.56 Å². The average Bonchev–Trinajstić information content (AvgIpc) is 2.17. The van der Waals surface area contributed by atoms with Gasteiger partial charge in [0.15, 0.2) is 0 Å². The van der Waals surface area contributed by atoms with E-state index in [1.165, 1.54) is 0 Å². The summed E-state index contributed by atoms with van der Waals surface area (Å²) in [6.07, 6.45) is 0.374. The molecule has 0 bridgehead atoms. The van der Waals surface area contributed by atoms with E-state index in [-0.39, 0.29) is 6.54 Å². The van der Waals surface area contributed by atoms with Crippen LogP contribution in [0.2, 0.25) is 0 Å². The lowest BCUT2D eigenvalue weighted by atomic mass is 10.1. The Hall–Kier alpha value is -2.02. The highest BCUT2D eigenvalue weighted by Gasteiger charge is 1.96. The number of anilines is 1. The summed E-state index contributed by atoms with van der Waals surface area (Å²) in [6.45, 7) is -0.0996. The van der Waals surface area contributed by atoms with Crippen LogP contribution >= 0.6 is 0 Å². The molecule has 72 valence electrons. The second-order valence-corrected chi connectivity index (χ2v) is 2.78. The molecule has 0 aromatic heterocycles. The summed E-state index contributed by atoms with van der Waals surface area (Å²) in [5.41, 5.74) is 1.67. The fourth-order valence-electron chi connectivity index (χ4n) is 1.01. The van der Waals surface area contributed by atoms with Gasteiger partial charge in [0, 0.05) is 5.69 Å². The van der Waals surface area contributed by atoms with Crippen LogP contribution in [0.15, 0.2) is 24.3 Å². The number of hydrogen-bond acceptors (Lipinski definition) is 3. The third kappa shape index (κ3) is 3.15. The molecule has 0 fully saturated rings. The molecule has 1 aromatic carbocycles. The minimum atomic E-state index is -0.897. The van der Waals surface area contributed by atoms with E-state index in [0.717, 1.165) is 11.3 Å². The molecule has 0 heterocycles. The van der Waals surface area contributed by atoms with Crippen molar-refractivity contribution in [2.75, 3.05) is 11.9 Å². The molecule has 0 radical (unpaired) electrons. The summed E-state index contributed by atoms with van der Waals surface area (Å²) in [6, 6.07) is 9.16. The second-order valence-electron chi connectivity index (χ2n) is 2.78. The van der Waals surface area contributed by atoms with Crippen molar-refractivity contribution in [2.45, 2.75) is 6.42 Å². The highest BCUT2D eigenvalue weighted by molar-refractivity contribution is 5.72. The Labute approximate surface area is 81.8 Å². The van der Waals surface area contributed by atoms with E-state index >= 15 is 0 Å². The van der Waals surface area contributed by atoms with E-state index in [2.05, 4.69) is 5.32 Å². The van der Waals surface area contributed by atoms with Crippen LogP contribution in [0.3, 0.4) is 0 Å². The molecule has 4 heteroatoms. The van der Waals surface area contributed by atoms with E-state index in [9.17, 15) is 4.79 Å². The first-order chi connectivity index (χ1) is 6.72. The molecule has 0 aliphatic heterocycles. The first-order valence-electron chi connectivity index (χ1n) is 4.14. The fourth-order valence-corrected chi connectivity index (χ4v) is 1.01. The first kappa shape index (κ1) is 10.1. The minimum absolute atomic E-state index is 0.0996. The molecule has 0 spiro atoms. The highest BCUT2D eigenvalue weighted by atomic mass is 16.4. The number of hydrogen-bond donors (Lipinski definition) is 2. The number of aliphatic carboxylic acids is 1. The first-order valence-corrected chi connectivity index (χ1v) is 4.14. The second kappa shape index (κ2) is 4.87. The van der Waals surface area contributed by atoms with Crippen LogP contribution in [0.4, 0.5) is 5.69 Å². The van der Waals surface area contributed by atoms with E-state index < -0.39 is 5.97 Å². The van der Waals surface area contributed by atoms with Crippen molar-refractivity contribution in [1.29, 1.82) is 5.26 Å². The average molecular weight is 190 g/mol. The topological polar surface area (TPSA) is 73.1 Å². The number of rotatable bonds is 4. The quantitative estimate of drug-likeness (QED) is 0.749. The Morgan fingerprint density at radius 3 is 2.57 bits per heavy atom. The summed E-state index contributed by atoms with van der Waals surface area (Å²) in [5.74, 6) is -0.897. The Bertz CT molecular complexity index is 351. The van der Waals surface area contributed by atoms with Crippen LogP contribution in [0.25, 0.3) is 0 Å². The van der Waals surface area contributed by atoms with Gasteiger partial charge in [-0.2, -0.15) is 5.26 Å². The lowest BCUT2D eigenvalue weighted by Crippen LogP contribution is -2.12. The SMILES string of the molecule is N#CCc1ccc(NCC(=O)O)cc1. The van der Waals surface area contributed by atoms with E-state index in [0.29, 0.717) is 6.42 Å². The van der Waals surface area contributed by atoms with Crippen molar-refractivity contribution in [3.8, 4) is 6.07 Å². The van der Waals surface area contributed by atoms with Gasteiger partial charge in [0.2, 0.25) is 0 Å². The van der Waals surface area contributed by atoms with Crippen molar-refractivity contribution in [2.24, 2.45) is 0 Å². The lowest BCUT2D eigenvalue weighted by Gasteiger charge is -2.03. The Morgan fingerprint density at radius 2 is 2.07 bits per heavy atom. The van der Waals surface area contributed by atoms with Crippen LogP contribution in [0.5, 0.6) is 0 Å². The van der Waals surface area contributed by atoms with Crippen molar-refractivity contribution in [1.82, 2.24) is 0 Å². The number of carboxylic acid groups (broad SMARTS) is 1. The fraction of sp³-hybridized carbons (Fsp3) is 0.200. The summed E-state index contributed by atoms with van der Waals surface area (Å²) in [5, 5.41) is 19.6. The van der Waals surface area contributed by atoms with Crippen molar-refractivity contribution in [3.05, 3.63) is 29.8 Å². The van der Waals surface area contributed by atoms with Crippen LogP contribution in [-0.4, -0.2) is 17.6 Å². The predicted octanol–water partition coefficient (Wildman–Crippen LogP) is 1.25. The van der Waals surface area contributed by atoms with Crippen molar-refractivity contribution < 1.29 is 9.90 Å². The van der Waals surface area contributed by atoms with E-state index in [1.54, 1.807) is 24.3 Å². The maximum Gasteiger partial charge on any atom is 0.322 e. The molecular weight excluding hydrogens is 180 g/mol. The third-order valence-electron chi connectivity index (χ3n) is 1.68. The Morgan fingerprint density at radius 1 is 1.43 bits per heavy atom. The number of carbonyl (C=O) groups is 1. The normalized spacial score (nSPS) is 9.07. The van der Waals surface area contributed by atoms with Crippen LogP contribution < -0.4 is 5.32 Å². The zero-order valence-corrected chi connectivity index (χ0v) is 7.53. The van der Waals surface area contributed by atoms with Gasteiger partial charge < -0.3 is 10.4 Å². The van der Waals surface area contributed by atoms with Gasteiger partial charge in [0.25, 0.3) is 0 Å². The lowest BCUT2D eigenvalue weighted by molar-refractivity contribution is -0.134. The van der Waals surface area contributed by atoms with E-state index in [1.807, 2.05) is 6.07 Å². The molecule has 4 nitrogen and oxygen atoms in total. The smallest absolute Gasteiger partial charge is 0.322 e. The summed E-state index contributed by atoms with van der Waals surface area (Å²) in [7, 11) is 0. The molecule has 0 saturated heterocycles. The van der Waals surface area contributed by atoms with Gasteiger partial charge in [-0.25, -0.2) is 0 Å². The third-order valence-corrected chi connectivity index (χ3v) is 1.68. The van der Waals surface area contributed by atoms with Gasteiger partial charge >= 0.3 is 5.97 Å². The van der Waals surface area contributed by atoms with E-state index in [4.69, 9.17) is 10.4 Å². The Kier molecular flexibility index (Phi) is 3.50. The van der Waals surface area contributed by atoms with Gasteiger partial charge in [-0.05, 0) is 17.7 Å². The summed E-state index contributed by atoms with van der Waals surface area (Å²) >= 11 is 0. The summed E-state index contributed by atoms with van der Waals surface area (Å²) < 4.78 is 0. The maximum absolute atomic E-state index is 10.2. The summed E-state index contributed by atoms with van der Waals surface area (Å²) in [4.78, 5) is 10.2. The number of benzene rings is 1. The van der Waals surface area contributed by atoms with Crippen molar-refractivity contribution >= 4 is 11.7 Å². The molecule has 2 N–H and O–H groups in total. The Balaban J connectivity index is 2.56. The van der Waals surface area contributed by atoms with Gasteiger partial charge in [-0.1, -0.05) is 12.1 Å². The standard InChI is InChI=1S/C10H10N2O2/c11-6-5-8-1-3-9(4-2-8)12-7-10(13)14/h1-4,12H,5,7H2,(H,13,14). The molecule has 0 aliphatic rings. The maximum atomic E-state index is 10.2. The molecule has 0 atom stereocenters. The molecule has 0 unspecified atom stereocenters. The zero-order valence-electron chi connectivity index (χ0n) is 7.53. The number of carboxylic acids is 1. The molecule has 1 rings (SSSR count). The molecule has 0 aliphatic carbocycles. The molecule has 0 saturated carbocycles. The predicted molar refractivity (Wildman–Crippen MR) is 51.9 cm³/mol. The number of nitrogens with zero attached hydrogens (tertiary/aromatic N) is 1. The van der Waals surface area contributed by atoms with Crippen LogP contribution in [0, 0.1) is 11.3 Å². The zero-order chi connectivity index (χ0) is 10.4. The number of nitriles is 1. The van der Waals surface area contributed by atoms with Gasteiger partial charge in [0.1, 0.15) is 6.54 Å². The highest BCUT2D eigenvalue weighted by Crippen LogP contribution is 2.09. The van der Waals surface area contributed by atoms with Crippen LogP contribution in [-0.2, 0) is 11.2 Å². The molecule has 1 aromatic rings.